The molecule has 0 unspecified atom stereocenters. The number of rotatable bonds is 5. The molecular weight excluding hydrogens is 174 g/mol. The molecule has 0 aliphatic rings. The molecule has 0 heterocycles. The van der Waals surface area contributed by atoms with Crippen LogP contribution in [0.4, 0.5) is 0 Å². The molecule has 0 aliphatic heterocycles. The third kappa shape index (κ3) is 3.60. The molecule has 0 radical (unpaired) electrons. The third-order valence-electron chi connectivity index (χ3n) is 1.93. The van der Waals surface area contributed by atoms with Crippen molar-refractivity contribution in [3.05, 3.63) is 36.6 Å². The zero-order chi connectivity index (χ0) is 11.0. The molecule has 0 aliphatic carbocycles. The van der Waals surface area contributed by atoms with Crippen molar-refractivity contribution in [2.75, 3.05) is 6.54 Å². The normalized spacial score (nSPS) is 11.8. The maximum absolute atomic E-state index is 11.5. The van der Waals surface area contributed by atoms with Crippen LogP contribution in [0, 0.1) is 0 Å². The van der Waals surface area contributed by atoms with Gasteiger partial charge in [-0.15, -0.1) is 0 Å². The maximum Gasteiger partial charge on any atom is 0.226 e. The number of likely N-dealkylation sites (N-methyl/N-ethyl adjacent to an activating group) is 1. The van der Waals surface area contributed by atoms with Crippen molar-refractivity contribution in [3.63, 3.8) is 0 Å². The molecular formula is C12H19NO. The molecule has 0 atom stereocenters. The molecule has 0 N–H and O–H groups in total. The zero-order valence-electron chi connectivity index (χ0n) is 9.29. The van der Waals surface area contributed by atoms with Gasteiger partial charge in [-0.2, -0.15) is 0 Å². The van der Waals surface area contributed by atoms with Gasteiger partial charge in [-0.05, 0) is 19.9 Å². The average Bonchev–Trinajstić information content (AvgIpc) is 2.23. The van der Waals surface area contributed by atoms with Crippen LogP contribution < -0.4 is 0 Å². The Labute approximate surface area is 86.6 Å². The highest BCUT2D eigenvalue weighted by atomic mass is 16.2. The monoisotopic (exact) mass is 193 g/mol. The van der Waals surface area contributed by atoms with Gasteiger partial charge in [0, 0.05) is 18.7 Å². The van der Waals surface area contributed by atoms with Crippen LogP contribution in [0.1, 0.15) is 27.2 Å². The Bertz CT molecular complexity index is 251. The number of hydrogen-bond donors (Lipinski definition) is 0. The van der Waals surface area contributed by atoms with E-state index in [2.05, 4.69) is 6.58 Å². The molecule has 0 fully saturated rings. The smallest absolute Gasteiger partial charge is 0.226 e. The molecule has 2 nitrogen and oxygen atoms in total. The van der Waals surface area contributed by atoms with Crippen LogP contribution in [0.2, 0.25) is 0 Å². The highest BCUT2D eigenvalue weighted by Gasteiger charge is 2.10. The van der Waals surface area contributed by atoms with Gasteiger partial charge in [0.25, 0.3) is 0 Å². The molecule has 0 saturated heterocycles. The van der Waals surface area contributed by atoms with Crippen molar-refractivity contribution in [2.24, 2.45) is 0 Å². The number of carbonyl (C=O) groups excluding carboxylic acids is 1. The van der Waals surface area contributed by atoms with Crippen LogP contribution in [0.15, 0.2) is 36.6 Å². The van der Waals surface area contributed by atoms with E-state index >= 15 is 0 Å². The first kappa shape index (κ1) is 12.7. The summed E-state index contributed by atoms with van der Waals surface area (Å²) in [6.07, 6.45) is 7.89. The van der Waals surface area contributed by atoms with Crippen LogP contribution in [0.25, 0.3) is 0 Å². The standard InChI is InChI=1S/C12H19NO/c1-5-9-10-11(6-2)13(8-4)12(14)7-3/h5-6,9-10H,1,7-8H2,2-4H3/b10-9-,11-6+. The minimum atomic E-state index is 0.148. The molecule has 1 amide bonds. The molecule has 2 heteroatoms. The summed E-state index contributed by atoms with van der Waals surface area (Å²) in [7, 11) is 0. The van der Waals surface area contributed by atoms with E-state index in [9.17, 15) is 4.79 Å². The van der Waals surface area contributed by atoms with E-state index in [0.717, 1.165) is 5.70 Å². The summed E-state index contributed by atoms with van der Waals surface area (Å²) in [4.78, 5) is 13.3. The van der Waals surface area contributed by atoms with Gasteiger partial charge in [-0.1, -0.05) is 31.7 Å². The van der Waals surface area contributed by atoms with Gasteiger partial charge in [0.1, 0.15) is 0 Å². The largest absolute Gasteiger partial charge is 0.313 e. The lowest BCUT2D eigenvalue weighted by Gasteiger charge is -2.21. The van der Waals surface area contributed by atoms with Gasteiger partial charge < -0.3 is 4.90 Å². The lowest BCUT2D eigenvalue weighted by molar-refractivity contribution is -0.128. The first-order chi connectivity index (χ1) is 6.71. The Morgan fingerprint density at radius 3 is 2.43 bits per heavy atom. The summed E-state index contributed by atoms with van der Waals surface area (Å²) >= 11 is 0. The lowest BCUT2D eigenvalue weighted by atomic mass is 10.2. The van der Waals surface area contributed by atoms with Crippen molar-refractivity contribution >= 4 is 5.91 Å². The summed E-state index contributed by atoms with van der Waals surface area (Å²) in [6.45, 7) is 10.1. The summed E-state index contributed by atoms with van der Waals surface area (Å²) < 4.78 is 0. The second kappa shape index (κ2) is 7.13. The lowest BCUT2D eigenvalue weighted by Crippen LogP contribution is -2.28. The van der Waals surface area contributed by atoms with E-state index in [0.29, 0.717) is 13.0 Å². The van der Waals surface area contributed by atoms with E-state index in [1.54, 1.807) is 11.0 Å². The number of nitrogens with zero attached hydrogens (tertiary/aromatic N) is 1. The minimum absolute atomic E-state index is 0.148. The Kier molecular flexibility index (Phi) is 6.46. The Hall–Kier alpha value is -1.31. The molecule has 0 spiro atoms. The molecule has 0 bridgehead atoms. The van der Waals surface area contributed by atoms with Gasteiger partial charge in [0.2, 0.25) is 5.91 Å². The molecule has 14 heavy (non-hydrogen) atoms. The van der Waals surface area contributed by atoms with Gasteiger partial charge in [-0.25, -0.2) is 0 Å². The summed E-state index contributed by atoms with van der Waals surface area (Å²) in [5, 5.41) is 0. The molecule has 0 aromatic rings. The van der Waals surface area contributed by atoms with Crippen LogP contribution in [0.3, 0.4) is 0 Å². The van der Waals surface area contributed by atoms with Crippen molar-refractivity contribution in [1.29, 1.82) is 0 Å². The second-order valence-corrected chi connectivity index (χ2v) is 2.80. The number of allylic oxidation sites excluding steroid dienone is 4. The number of carbonyl (C=O) groups is 1. The number of amides is 1. The fourth-order valence-electron chi connectivity index (χ4n) is 1.20. The summed E-state index contributed by atoms with van der Waals surface area (Å²) in [6, 6.07) is 0. The Balaban J connectivity index is 4.71. The first-order valence-electron chi connectivity index (χ1n) is 4.96. The fourth-order valence-corrected chi connectivity index (χ4v) is 1.20. The maximum atomic E-state index is 11.5. The molecule has 0 aromatic carbocycles. The third-order valence-corrected chi connectivity index (χ3v) is 1.93. The van der Waals surface area contributed by atoms with Crippen molar-refractivity contribution in [3.8, 4) is 0 Å². The minimum Gasteiger partial charge on any atom is -0.313 e. The van der Waals surface area contributed by atoms with Crippen molar-refractivity contribution < 1.29 is 4.79 Å². The fraction of sp³-hybridized carbons (Fsp3) is 0.417. The van der Waals surface area contributed by atoms with E-state index in [-0.39, 0.29) is 5.91 Å². The first-order valence-corrected chi connectivity index (χ1v) is 4.96. The summed E-state index contributed by atoms with van der Waals surface area (Å²) in [5.74, 6) is 0.148. The Morgan fingerprint density at radius 2 is 2.07 bits per heavy atom. The average molecular weight is 193 g/mol. The van der Waals surface area contributed by atoms with E-state index in [1.807, 2.05) is 39.0 Å². The van der Waals surface area contributed by atoms with Crippen LogP contribution in [-0.4, -0.2) is 17.4 Å². The van der Waals surface area contributed by atoms with E-state index in [1.165, 1.54) is 0 Å². The van der Waals surface area contributed by atoms with Gasteiger partial charge in [0.15, 0.2) is 0 Å². The van der Waals surface area contributed by atoms with E-state index in [4.69, 9.17) is 0 Å². The molecule has 0 aromatic heterocycles. The van der Waals surface area contributed by atoms with Crippen molar-refractivity contribution in [1.82, 2.24) is 4.90 Å². The molecule has 78 valence electrons. The number of hydrogen-bond acceptors (Lipinski definition) is 1. The van der Waals surface area contributed by atoms with Gasteiger partial charge in [-0.3, -0.25) is 4.79 Å². The van der Waals surface area contributed by atoms with Crippen LogP contribution in [0.5, 0.6) is 0 Å². The van der Waals surface area contributed by atoms with Crippen LogP contribution in [-0.2, 0) is 4.79 Å². The summed E-state index contributed by atoms with van der Waals surface area (Å²) in [5.41, 5.74) is 0.930. The SMILES string of the molecule is C=C/C=C\C(=C/C)N(CC)C(=O)CC. The van der Waals surface area contributed by atoms with Crippen molar-refractivity contribution in [2.45, 2.75) is 27.2 Å². The topological polar surface area (TPSA) is 20.3 Å². The highest BCUT2D eigenvalue weighted by molar-refractivity contribution is 5.78. The zero-order valence-corrected chi connectivity index (χ0v) is 9.29. The van der Waals surface area contributed by atoms with Crippen LogP contribution >= 0.6 is 0 Å². The Morgan fingerprint density at radius 1 is 1.43 bits per heavy atom. The predicted octanol–water partition coefficient (Wildman–Crippen LogP) is 2.89. The second-order valence-electron chi connectivity index (χ2n) is 2.80. The van der Waals surface area contributed by atoms with Gasteiger partial charge >= 0.3 is 0 Å². The molecule has 0 rings (SSSR count). The highest BCUT2D eigenvalue weighted by Crippen LogP contribution is 2.08. The van der Waals surface area contributed by atoms with Gasteiger partial charge in [0.05, 0.1) is 0 Å². The molecule has 0 saturated carbocycles. The predicted molar refractivity (Wildman–Crippen MR) is 60.8 cm³/mol. The van der Waals surface area contributed by atoms with E-state index < -0.39 is 0 Å². The quantitative estimate of drug-likeness (QED) is 0.615.